The van der Waals surface area contributed by atoms with E-state index in [4.69, 9.17) is 4.74 Å². The van der Waals surface area contributed by atoms with Gasteiger partial charge >= 0.3 is 0 Å². The van der Waals surface area contributed by atoms with Gasteiger partial charge in [0.05, 0.1) is 12.6 Å². The number of rotatable bonds is 5. The number of halogens is 1. The molecule has 2 bridgehead atoms. The Morgan fingerprint density at radius 2 is 2.03 bits per heavy atom. The first-order chi connectivity index (χ1) is 14.7. The lowest BCUT2D eigenvalue weighted by atomic mass is 9.69. The van der Waals surface area contributed by atoms with Crippen LogP contribution in [-0.4, -0.2) is 36.1 Å². The Bertz CT molecular complexity index is 1060. The molecule has 3 aliphatic heterocycles. The molecule has 0 saturated carbocycles. The zero-order valence-corrected chi connectivity index (χ0v) is 19.5. The number of fused-ring (bicyclic) bond motifs is 4. The summed E-state index contributed by atoms with van der Waals surface area (Å²) >= 11 is 2.39. The van der Waals surface area contributed by atoms with Gasteiger partial charge in [-0.1, -0.05) is 18.2 Å². The molecule has 3 fully saturated rings. The van der Waals surface area contributed by atoms with Gasteiger partial charge in [-0.05, 0) is 101 Å². The second-order valence-corrected chi connectivity index (χ2v) is 9.80. The molecule has 2 aromatic carbocycles. The van der Waals surface area contributed by atoms with Gasteiger partial charge in [0.15, 0.2) is 0 Å². The molecule has 4 heteroatoms. The van der Waals surface area contributed by atoms with Crippen molar-refractivity contribution >= 4 is 33.5 Å². The van der Waals surface area contributed by atoms with Crippen molar-refractivity contribution in [1.29, 1.82) is 0 Å². The molecular formula is C26H27IN2O. The minimum Gasteiger partial charge on any atom is -0.497 e. The zero-order chi connectivity index (χ0) is 20.7. The van der Waals surface area contributed by atoms with Crippen LogP contribution in [0.2, 0.25) is 0 Å². The maximum atomic E-state index is 5.55. The molecular weight excluding hydrogens is 483 g/mol. The summed E-state index contributed by atoms with van der Waals surface area (Å²) < 4.78 is 6.82. The second kappa shape index (κ2) is 8.31. The molecule has 3 aliphatic rings. The highest BCUT2D eigenvalue weighted by molar-refractivity contribution is 14.1. The van der Waals surface area contributed by atoms with Crippen molar-refractivity contribution in [1.82, 2.24) is 9.88 Å². The first kappa shape index (κ1) is 20.0. The quantitative estimate of drug-likeness (QED) is 0.317. The highest BCUT2D eigenvalue weighted by Gasteiger charge is 2.43. The first-order valence-corrected chi connectivity index (χ1v) is 11.8. The molecule has 0 N–H and O–H groups in total. The summed E-state index contributed by atoms with van der Waals surface area (Å²) in [6, 6.07) is 18.0. The monoisotopic (exact) mass is 510 g/mol. The lowest BCUT2D eigenvalue weighted by Gasteiger charge is -2.52. The van der Waals surface area contributed by atoms with Crippen molar-refractivity contribution in [3.05, 3.63) is 82.1 Å². The van der Waals surface area contributed by atoms with Crippen LogP contribution in [0.5, 0.6) is 5.75 Å². The van der Waals surface area contributed by atoms with E-state index in [1.54, 1.807) is 7.11 Å². The number of nitrogens with zero attached hydrogens (tertiary/aromatic N) is 2. The largest absolute Gasteiger partial charge is 0.497 e. The average molecular weight is 510 g/mol. The molecule has 3 aromatic rings. The van der Waals surface area contributed by atoms with E-state index in [-0.39, 0.29) is 0 Å². The molecule has 5 atom stereocenters. The molecule has 0 radical (unpaired) electrons. The van der Waals surface area contributed by atoms with Crippen LogP contribution in [0, 0.1) is 15.4 Å². The molecule has 0 aliphatic carbocycles. The van der Waals surface area contributed by atoms with Crippen LogP contribution in [0.4, 0.5) is 0 Å². The van der Waals surface area contributed by atoms with E-state index in [2.05, 4.69) is 87.6 Å². The number of hydrogen-bond acceptors (Lipinski definition) is 3. The maximum Gasteiger partial charge on any atom is 0.119 e. The molecule has 0 spiro atoms. The van der Waals surface area contributed by atoms with Crippen LogP contribution in [0.3, 0.4) is 0 Å². The number of hydrogen-bond donors (Lipinski definition) is 0. The van der Waals surface area contributed by atoms with Crippen molar-refractivity contribution in [2.45, 2.75) is 24.8 Å². The Morgan fingerprint density at radius 3 is 2.73 bits per heavy atom. The number of methoxy groups -OCH3 is 1. The molecule has 154 valence electrons. The third-order valence-corrected chi connectivity index (χ3v) is 7.80. The molecule has 30 heavy (non-hydrogen) atoms. The fourth-order valence-electron chi connectivity index (χ4n) is 5.55. The average Bonchev–Trinajstić information content (AvgIpc) is 2.80. The number of benzene rings is 2. The standard InChI is InChI=1S/C26H27IN2O/c1-3-17-16-29-13-11-19(17)14-25(29)26(18-4-6-20(27)7-5-18)22-10-12-28-24-9-8-21(30-2)15-23(22)24/h3-10,12,15,17,19,25-26H,1,11,13-14,16H2,2H3/t17?,19?,25?,26-/m0/s1. The second-order valence-electron chi connectivity index (χ2n) is 8.56. The van der Waals surface area contributed by atoms with Crippen LogP contribution in [0.25, 0.3) is 10.9 Å². The van der Waals surface area contributed by atoms with Gasteiger partial charge in [0.2, 0.25) is 0 Å². The minimum atomic E-state index is 0.313. The van der Waals surface area contributed by atoms with Crippen molar-refractivity contribution in [2.24, 2.45) is 11.8 Å². The van der Waals surface area contributed by atoms with Crippen LogP contribution >= 0.6 is 22.6 Å². The van der Waals surface area contributed by atoms with Crippen molar-refractivity contribution in [2.75, 3.05) is 20.2 Å². The van der Waals surface area contributed by atoms with Gasteiger partial charge in [0.1, 0.15) is 5.75 Å². The van der Waals surface area contributed by atoms with Gasteiger partial charge in [-0.3, -0.25) is 9.88 Å². The molecule has 3 saturated heterocycles. The summed E-state index contributed by atoms with van der Waals surface area (Å²) in [6.45, 7) is 6.43. The Morgan fingerprint density at radius 1 is 1.20 bits per heavy atom. The highest BCUT2D eigenvalue weighted by Crippen LogP contribution is 2.45. The molecule has 1 aromatic heterocycles. The first-order valence-electron chi connectivity index (χ1n) is 10.7. The molecule has 0 amide bonds. The third kappa shape index (κ3) is 3.54. The Kier molecular flexibility index (Phi) is 5.54. The van der Waals surface area contributed by atoms with E-state index in [0.29, 0.717) is 17.9 Å². The van der Waals surface area contributed by atoms with Gasteiger partial charge in [0.25, 0.3) is 0 Å². The van der Waals surface area contributed by atoms with Crippen molar-refractivity contribution < 1.29 is 4.74 Å². The molecule has 4 heterocycles. The summed E-state index contributed by atoms with van der Waals surface area (Å²) in [5.74, 6) is 2.57. The van der Waals surface area contributed by atoms with Crippen LogP contribution in [0.1, 0.15) is 29.9 Å². The Balaban J connectivity index is 1.66. The molecule has 6 rings (SSSR count). The lowest BCUT2D eigenvalue weighted by molar-refractivity contribution is 0.0121. The van der Waals surface area contributed by atoms with E-state index in [9.17, 15) is 0 Å². The SMILES string of the molecule is C=CC1CN2CCC1CC2[C@@H](c1ccc(I)cc1)c1ccnc2ccc(OC)cc12. The number of aromatic nitrogens is 1. The summed E-state index contributed by atoms with van der Waals surface area (Å²) in [4.78, 5) is 7.35. The number of piperidine rings is 3. The summed E-state index contributed by atoms with van der Waals surface area (Å²) in [5, 5.41) is 1.20. The lowest BCUT2D eigenvalue weighted by Crippen LogP contribution is -2.55. The molecule has 3 nitrogen and oxygen atoms in total. The number of pyridine rings is 1. The van der Waals surface area contributed by atoms with Crippen LogP contribution < -0.4 is 4.74 Å². The fourth-order valence-corrected chi connectivity index (χ4v) is 5.91. The maximum absolute atomic E-state index is 5.55. The van der Waals surface area contributed by atoms with E-state index in [1.165, 1.54) is 39.5 Å². The molecule has 4 unspecified atom stereocenters. The zero-order valence-electron chi connectivity index (χ0n) is 17.3. The smallest absolute Gasteiger partial charge is 0.119 e. The Labute approximate surface area is 192 Å². The van der Waals surface area contributed by atoms with Crippen LogP contribution in [0.15, 0.2) is 67.4 Å². The summed E-state index contributed by atoms with van der Waals surface area (Å²) in [5.41, 5.74) is 3.77. The van der Waals surface area contributed by atoms with Crippen LogP contribution in [-0.2, 0) is 0 Å². The fraction of sp³-hybridized carbons (Fsp3) is 0.346. The van der Waals surface area contributed by atoms with E-state index >= 15 is 0 Å². The third-order valence-electron chi connectivity index (χ3n) is 7.09. The van der Waals surface area contributed by atoms with Crippen molar-refractivity contribution in [3.63, 3.8) is 0 Å². The predicted molar refractivity (Wildman–Crippen MR) is 131 cm³/mol. The summed E-state index contributed by atoms with van der Waals surface area (Å²) in [7, 11) is 1.73. The normalized spacial score (nSPS) is 26.5. The number of ether oxygens (including phenoxy) is 1. The predicted octanol–water partition coefficient (Wildman–Crippen LogP) is 5.88. The van der Waals surface area contributed by atoms with Gasteiger partial charge in [-0.25, -0.2) is 0 Å². The van der Waals surface area contributed by atoms with Gasteiger partial charge in [-0.2, -0.15) is 0 Å². The van der Waals surface area contributed by atoms with Gasteiger partial charge < -0.3 is 4.74 Å². The van der Waals surface area contributed by atoms with E-state index in [1.807, 2.05) is 12.3 Å². The van der Waals surface area contributed by atoms with Gasteiger partial charge in [-0.15, -0.1) is 6.58 Å². The Hall–Kier alpha value is -1.92. The van der Waals surface area contributed by atoms with E-state index < -0.39 is 0 Å². The van der Waals surface area contributed by atoms with Crippen molar-refractivity contribution in [3.8, 4) is 5.75 Å². The minimum absolute atomic E-state index is 0.313. The summed E-state index contributed by atoms with van der Waals surface area (Å²) in [6.07, 6.45) is 6.66. The topological polar surface area (TPSA) is 25.4 Å². The van der Waals surface area contributed by atoms with Gasteiger partial charge in [0, 0.05) is 33.7 Å². The van der Waals surface area contributed by atoms with E-state index in [0.717, 1.165) is 23.7 Å². The highest BCUT2D eigenvalue weighted by atomic mass is 127.